The minimum Gasteiger partial charge on any atom is -0.439 e. The number of primary amides is 1. The Morgan fingerprint density at radius 3 is 2.62 bits per heavy atom. The molecule has 0 aromatic rings. The molecule has 222 valence electrons. The molecular weight excluding hydrogens is 510 g/mol. The van der Waals surface area contributed by atoms with Gasteiger partial charge in [-0.25, -0.2) is 4.79 Å². The predicted octanol–water partition coefficient (Wildman–Crippen LogP) is 4.18. The Hall–Kier alpha value is -3.14. The van der Waals surface area contributed by atoms with Gasteiger partial charge < -0.3 is 35.7 Å². The van der Waals surface area contributed by atoms with Crippen LogP contribution in [0.1, 0.15) is 53.4 Å². The first-order valence-corrected chi connectivity index (χ1v) is 13.8. The van der Waals surface area contributed by atoms with E-state index < -0.39 is 30.5 Å². The summed E-state index contributed by atoms with van der Waals surface area (Å²) in [7, 11) is 3.10. The van der Waals surface area contributed by atoms with Crippen molar-refractivity contribution in [2.45, 2.75) is 77.8 Å². The fraction of sp³-hybridized carbons (Fsp3) is 0.548. The molecule has 9 nitrogen and oxygen atoms in total. The zero-order valence-electron chi connectivity index (χ0n) is 24.7. The number of carbonyl (C=O) groups is 2. The molecule has 2 aliphatic rings. The third-order valence-corrected chi connectivity index (χ3v) is 7.36. The predicted molar refractivity (Wildman–Crippen MR) is 157 cm³/mol. The van der Waals surface area contributed by atoms with E-state index in [4.69, 9.17) is 19.9 Å². The van der Waals surface area contributed by atoms with Crippen molar-refractivity contribution in [3.8, 4) is 0 Å². The minimum atomic E-state index is -0.940. The summed E-state index contributed by atoms with van der Waals surface area (Å²) in [6.45, 7) is 12.0. The Morgan fingerprint density at radius 1 is 1.27 bits per heavy atom. The Balaban J connectivity index is 2.50. The van der Waals surface area contributed by atoms with Gasteiger partial charge in [-0.3, -0.25) is 4.79 Å². The fourth-order valence-corrected chi connectivity index (χ4v) is 5.16. The number of amides is 2. The van der Waals surface area contributed by atoms with Crippen LogP contribution in [0.25, 0.3) is 0 Å². The molecule has 0 saturated carbocycles. The summed E-state index contributed by atoms with van der Waals surface area (Å²) in [6.07, 6.45) is 9.87. The van der Waals surface area contributed by atoms with Crippen molar-refractivity contribution in [3.63, 3.8) is 0 Å². The number of allylic oxidation sites excluding steroid dienone is 4. The van der Waals surface area contributed by atoms with E-state index >= 15 is 0 Å². The zero-order valence-corrected chi connectivity index (χ0v) is 24.7. The first-order valence-electron chi connectivity index (χ1n) is 13.8. The molecule has 9 heteroatoms. The normalized spacial score (nSPS) is 32.5. The van der Waals surface area contributed by atoms with Crippen LogP contribution in [0.15, 0.2) is 71.1 Å². The van der Waals surface area contributed by atoms with Gasteiger partial charge in [-0.2, -0.15) is 0 Å². The summed E-state index contributed by atoms with van der Waals surface area (Å²) in [6, 6.07) is 0. The van der Waals surface area contributed by atoms with E-state index in [9.17, 15) is 14.7 Å². The van der Waals surface area contributed by atoms with E-state index in [0.717, 1.165) is 17.8 Å². The molecule has 0 saturated heterocycles. The first-order chi connectivity index (χ1) is 19.0. The molecule has 0 fully saturated rings. The second-order valence-electron chi connectivity index (χ2n) is 10.7. The molecule has 2 rings (SSSR count). The Morgan fingerprint density at radius 2 is 2.00 bits per heavy atom. The van der Waals surface area contributed by atoms with Gasteiger partial charge in [0.2, 0.25) is 0 Å². The largest absolute Gasteiger partial charge is 0.439 e. The molecular formula is C31H47N3O6. The van der Waals surface area contributed by atoms with Crippen LogP contribution in [-0.4, -0.2) is 62.3 Å². The Bertz CT molecular complexity index is 1060. The fourth-order valence-electron chi connectivity index (χ4n) is 5.16. The van der Waals surface area contributed by atoms with Crippen molar-refractivity contribution in [1.82, 2.24) is 10.6 Å². The lowest BCUT2D eigenvalue weighted by Crippen LogP contribution is -2.37. The van der Waals surface area contributed by atoms with E-state index in [-0.39, 0.29) is 17.7 Å². The second kappa shape index (κ2) is 16.2. The number of ether oxygens (including phenoxy) is 3. The van der Waals surface area contributed by atoms with Gasteiger partial charge in [0, 0.05) is 56.5 Å². The molecule has 5 N–H and O–H groups in total. The number of hydrogen-bond donors (Lipinski definition) is 4. The summed E-state index contributed by atoms with van der Waals surface area (Å²) >= 11 is 0. The van der Waals surface area contributed by atoms with E-state index in [1.54, 1.807) is 39.2 Å². The molecule has 2 bridgehead atoms. The maximum Gasteiger partial charge on any atom is 0.405 e. The van der Waals surface area contributed by atoms with Crippen molar-refractivity contribution < 1.29 is 28.9 Å². The van der Waals surface area contributed by atoms with Gasteiger partial charge in [0.1, 0.15) is 6.10 Å². The van der Waals surface area contributed by atoms with Gasteiger partial charge >= 0.3 is 6.09 Å². The van der Waals surface area contributed by atoms with Crippen molar-refractivity contribution in [1.29, 1.82) is 0 Å². The van der Waals surface area contributed by atoms with Crippen LogP contribution < -0.4 is 16.4 Å². The van der Waals surface area contributed by atoms with Gasteiger partial charge in [0.25, 0.3) is 5.91 Å². The van der Waals surface area contributed by atoms with E-state index in [1.165, 1.54) is 12.7 Å². The molecule has 1 heterocycles. The molecule has 1 aliphatic heterocycles. The van der Waals surface area contributed by atoms with Crippen molar-refractivity contribution in [2.24, 2.45) is 17.6 Å². The summed E-state index contributed by atoms with van der Waals surface area (Å²) in [4.78, 5) is 24.7. The molecule has 2 amide bonds. The van der Waals surface area contributed by atoms with Gasteiger partial charge in [0.05, 0.1) is 12.2 Å². The molecule has 0 unspecified atom stereocenters. The lowest BCUT2D eigenvalue weighted by atomic mass is 9.85. The van der Waals surface area contributed by atoms with Crippen LogP contribution in [0.4, 0.5) is 4.79 Å². The summed E-state index contributed by atoms with van der Waals surface area (Å²) in [5, 5.41) is 17.8. The summed E-state index contributed by atoms with van der Waals surface area (Å²) in [5.41, 5.74) is 9.76. The van der Waals surface area contributed by atoms with Crippen LogP contribution in [-0.2, 0) is 19.0 Å². The highest BCUT2D eigenvalue weighted by Gasteiger charge is 2.29. The number of carbonyl (C=O) groups excluding carboxylic acids is 2. The average molecular weight is 558 g/mol. The number of aliphatic hydroxyl groups excluding tert-OH is 1. The van der Waals surface area contributed by atoms with E-state index in [2.05, 4.69) is 24.1 Å². The summed E-state index contributed by atoms with van der Waals surface area (Å²) in [5.74, 6) is -0.314. The van der Waals surface area contributed by atoms with Gasteiger partial charge in [-0.1, -0.05) is 50.3 Å². The molecule has 0 aromatic heterocycles. The van der Waals surface area contributed by atoms with Crippen molar-refractivity contribution >= 4 is 12.0 Å². The number of methoxy groups -OCH3 is 2. The van der Waals surface area contributed by atoms with Crippen molar-refractivity contribution in [2.75, 3.05) is 20.8 Å². The van der Waals surface area contributed by atoms with Crippen LogP contribution in [0, 0.1) is 11.8 Å². The molecule has 6 atom stereocenters. The lowest BCUT2D eigenvalue weighted by molar-refractivity contribution is -0.116. The van der Waals surface area contributed by atoms with Crippen molar-refractivity contribution in [3.05, 3.63) is 71.1 Å². The molecule has 1 aliphatic carbocycles. The quantitative estimate of drug-likeness (QED) is 0.360. The van der Waals surface area contributed by atoms with Gasteiger partial charge in [-0.15, -0.1) is 6.58 Å². The number of rotatable bonds is 6. The second-order valence-corrected chi connectivity index (χ2v) is 10.7. The summed E-state index contributed by atoms with van der Waals surface area (Å²) < 4.78 is 16.8. The molecule has 0 aromatic carbocycles. The number of aliphatic hydroxyl groups is 1. The third-order valence-electron chi connectivity index (χ3n) is 7.36. The van der Waals surface area contributed by atoms with Crippen LogP contribution in [0.3, 0.4) is 0 Å². The molecule has 0 spiro atoms. The number of nitrogens with two attached hydrogens (primary N) is 1. The monoisotopic (exact) mass is 557 g/mol. The van der Waals surface area contributed by atoms with Crippen LogP contribution in [0.2, 0.25) is 0 Å². The number of hydrogen-bond acceptors (Lipinski definition) is 7. The lowest BCUT2D eigenvalue weighted by Gasteiger charge is -2.30. The Kier molecular flexibility index (Phi) is 13.4. The number of fused-ring (bicyclic) bond motifs is 2. The highest BCUT2D eigenvalue weighted by atomic mass is 16.6. The Labute approximate surface area is 238 Å². The third kappa shape index (κ3) is 9.80. The van der Waals surface area contributed by atoms with Crippen LogP contribution >= 0.6 is 0 Å². The van der Waals surface area contributed by atoms with Gasteiger partial charge in [0.15, 0.2) is 6.10 Å². The molecule has 0 radical (unpaired) electrons. The zero-order chi connectivity index (χ0) is 29.8. The topological polar surface area (TPSA) is 132 Å². The van der Waals surface area contributed by atoms with Crippen LogP contribution in [0.5, 0.6) is 0 Å². The maximum absolute atomic E-state index is 13.0. The van der Waals surface area contributed by atoms with E-state index in [1.807, 2.05) is 25.2 Å². The van der Waals surface area contributed by atoms with Gasteiger partial charge in [-0.05, 0) is 43.8 Å². The average Bonchev–Trinajstić information content (AvgIpc) is 2.91. The van der Waals surface area contributed by atoms with E-state index in [0.29, 0.717) is 37.0 Å². The SMILES string of the molecule is C=CCNC1=C2CC(=CC1)NC(=O)/C(C)=C\C=C\[C@H](OC)[C@@H](OC(N)=O)/C(C)=C/[C@H](C)[C@@H](O)[C@@H](OC)C[C@H](C)C2. The molecule has 40 heavy (non-hydrogen) atoms. The smallest absolute Gasteiger partial charge is 0.405 e. The highest BCUT2D eigenvalue weighted by Crippen LogP contribution is 2.31. The maximum atomic E-state index is 13.0. The standard InChI is InChI=1S/C31H47N3O6/c1-8-14-33-25-13-12-24-18-23(25)15-19(2)16-27(39-7)28(35)21(4)17-22(5)29(40-31(32)37)26(38-6)11-9-10-20(3)30(36)34-24/h8-12,17,19,21,26-29,33,35H,1,13-16,18H2,2-7H3,(H2,32,37)(H,34,36)/b11-9+,20-10-,22-17+/t19-,21+,26+,27+,28-,29+/m1/s1. The minimum absolute atomic E-state index is 0.194. The first kappa shape index (κ1) is 33.1. The highest BCUT2D eigenvalue weighted by molar-refractivity contribution is 5.94. The number of nitrogens with one attached hydrogen (secondary N) is 2.